The zero-order valence-corrected chi connectivity index (χ0v) is 14.6. The summed E-state index contributed by atoms with van der Waals surface area (Å²) in [6.45, 7) is 3.91. The van der Waals surface area contributed by atoms with Crippen LogP contribution in [0.5, 0.6) is 0 Å². The quantitative estimate of drug-likeness (QED) is 0.854. The van der Waals surface area contributed by atoms with E-state index in [1.54, 1.807) is 6.07 Å². The SMILES string of the molecule is Cc1ccc(-c2ccc(C(=O)NC3C=CS(=O)(=O)C3)nc2F)cc1C. The van der Waals surface area contributed by atoms with Gasteiger partial charge in [-0.25, -0.2) is 13.4 Å². The van der Waals surface area contributed by atoms with Crippen molar-refractivity contribution in [3.63, 3.8) is 0 Å². The first-order valence-corrected chi connectivity index (χ1v) is 9.43. The molecule has 2 heterocycles. The molecule has 0 saturated heterocycles. The molecule has 3 rings (SSSR count). The normalized spacial score (nSPS) is 18.3. The largest absolute Gasteiger partial charge is 0.343 e. The lowest BCUT2D eigenvalue weighted by atomic mass is 10.0. The minimum Gasteiger partial charge on any atom is -0.343 e. The van der Waals surface area contributed by atoms with Crippen LogP contribution in [-0.4, -0.2) is 31.1 Å². The third-order valence-electron chi connectivity index (χ3n) is 4.15. The maximum Gasteiger partial charge on any atom is 0.270 e. The van der Waals surface area contributed by atoms with Crippen molar-refractivity contribution in [2.45, 2.75) is 19.9 Å². The van der Waals surface area contributed by atoms with Gasteiger partial charge >= 0.3 is 0 Å². The van der Waals surface area contributed by atoms with Gasteiger partial charge in [0.1, 0.15) is 5.69 Å². The monoisotopic (exact) mass is 360 g/mol. The molecule has 0 radical (unpaired) electrons. The fourth-order valence-corrected chi connectivity index (χ4v) is 3.83. The summed E-state index contributed by atoms with van der Waals surface area (Å²) in [5, 5.41) is 3.58. The number of sulfone groups is 1. The highest BCUT2D eigenvalue weighted by Crippen LogP contribution is 2.24. The lowest BCUT2D eigenvalue weighted by Crippen LogP contribution is -2.36. The molecule has 0 spiro atoms. The number of aryl methyl sites for hydroxylation is 2. The zero-order chi connectivity index (χ0) is 18.2. The Bertz CT molecular complexity index is 984. The number of halogens is 1. The Morgan fingerprint density at radius 3 is 2.56 bits per heavy atom. The van der Waals surface area contributed by atoms with Crippen molar-refractivity contribution in [2.75, 3.05) is 5.75 Å². The summed E-state index contributed by atoms with van der Waals surface area (Å²) in [5.74, 6) is -1.55. The van der Waals surface area contributed by atoms with E-state index in [0.717, 1.165) is 16.5 Å². The topological polar surface area (TPSA) is 76.1 Å². The number of carbonyl (C=O) groups excluding carboxylic acids is 1. The molecule has 2 aromatic rings. The van der Waals surface area contributed by atoms with Crippen LogP contribution in [0.3, 0.4) is 0 Å². The molecule has 1 aliphatic rings. The second-order valence-electron chi connectivity index (χ2n) is 6.07. The average Bonchev–Trinajstić information content (AvgIpc) is 2.88. The maximum absolute atomic E-state index is 14.4. The van der Waals surface area contributed by atoms with E-state index in [1.807, 2.05) is 26.0 Å². The fraction of sp³-hybridized carbons (Fsp3) is 0.222. The number of hydrogen-bond donors (Lipinski definition) is 1. The Hall–Kier alpha value is -2.54. The summed E-state index contributed by atoms with van der Waals surface area (Å²) in [6, 6.07) is 7.87. The molecule has 7 heteroatoms. The molecule has 1 aromatic carbocycles. The highest BCUT2D eigenvalue weighted by molar-refractivity contribution is 7.94. The standard InChI is InChI=1S/C18H17FN2O3S/c1-11-3-4-13(9-12(11)2)15-5-6-16(21-17(15)19)18(22)20-14-7-8-25(23,24)10-14/h3-9,14H,10H2,1-2H3,(H,20,22). The molecule has 1 atom stereocenters. The van der Waals surface area contributed by atoms with Crippen molar-refractivity contribution in [1.29, 1.82) is 0 Å². The molecule has 25 heavy (non-hydrogen) atoms. The molecule has 1 N–H and O–H groups in total. The Kier molecular flexibility index (Phi) is 4.43. The number of carbonyl (C=O) groups is 1. The van der Waals surface area contributed by atoms with Crippen molar-refractivity contribution < 1.29 is 17.6 Å². The van der Waals surface area contributed by atoms with Gasteiger partial charge < -0.3 is 5.32 Å². The van der Waals surface area contributed by atoms with E-state index in [0.29, 0.717) is 11.1 Å². The van der Waals surface area contributed by atoms with E-state index in [2.05, 4.69) is 10.3 Å². The summed E-state index contributed by atoms with van der Waals surface area (Å²) in [4.78, 5) is 15.9. The van der Waals surface area contributed by atoms with Gasteiger partial charge in [-0.2, -0.15) is 4.39 Å². The number of pyridine rings is 1. The van der Waals surface area contributed by atoms with Gasteiger partial charge in [0.25, 0.3) is 5.91 Å². The van der Waals surface area contributed by atoms with E-state index in [9.17, 15) is 17.6 Å². The molecular weight excluding hydrogens is 343 g/mol. The summed E-state index contributed by atoms with van der Waals surface area (Å²) in [7, 11) is -3.27. The van der Waals surface area contributed by atoms with Gasteiger partial charge in [0.2, 0.25) is 5.95 Å². The highest BCUT2D eigenvalue weighted by atomic mass is 32.2. The number of aromatic nitrogens is 1. The second-order valence-corrected chi connectivity index (χ2v) is 8.00. The van der Waals surface area contributed by atoms with E-state index in [-0.39, 0.29) is 11.4 Å². The zero-order valence-electron chi connectivity index (χ0n) is 13.8. The Morgan fingerprint density at radius 2 is 1.96 bits per heavy atom. The fourth-order valence-electron chi connectivity index (χ4n) is 2.59. The Balaban J connectivity index is 1.81. The van der Waals surface area contributed by atoms with Gasteiger partial charge in [-0.1, -0.05) is 18.2 Å². The van der Waals surface area contributed by atoms with Crippen LogP contribution in [0.25, 0.3) is 11.1 Å². The molecule has 130 valence electrons. The van der Waals surface area contributed by atoms with Gasteiger partial charge in [0, 0.05) is 11.0 Å². The van der Waals surface area contributed by atoms with Gasteiger partial charge in [0.05, 0.1) is 11.8 Å². The molecule has 1 unspecified atom stereocenters. The van der Waals surface area contributed by atoms with Crippen LogP contribution in [0.2, 0.25) is 0 Å². The van der Waals surface area contributed by atoms with Crippen molar-refractivity contribution in [3.05, 3.63) is 64.6 Å². The molecular formula is C18H17FN2O3S. The maximum atomic E-state index is 14.4. The lowest BCUT2D eigenvalue weighted by Gasteiger charge is -2.11. The number of hydrogen-bond acceptors (Lipinski definition) is 4. The molecule has 1 amide bonds. The minimum absolute atomic E-state index is 0.0946. The molecule has 0 bridgehead atoms. The van der Waals surface area contributed by atoms with Gasteiger partial charge in [-0.15, -0.1) is 0 Å². The smallest absolute Gasteiger partial charge is 0.270 e. The van der Waals surface area contributed by atoms with Crippen molar-refractivity contribution >= 4 is 15.7 Å². The van der Waals surface area contributed by atoms with E-state index < -0.39 is 27.7 Å². The molecule has 5 nitrogen and oxygen atoms in total. The third kappa shape index (κ3) is 3.76. The summed E-state index contributed by atoms with van der Waals surface area (Å²) in [6.07, 6.45) is 1.40. The van der Waals surface area contributed by atoms with Gasteiger partial charge in [-0.3, -0.25) is 4.79 Å². The lowest BCUT2D eigenvalue weighted by molar-refractivity contribution is 0.0941. The minimum atomic E-state index is -3.27. The van der Waals surface area contributed by atoms with E-state index in [1.165, 1.54) is 18.2 Å². The first kappa shape index (κ1) is 17.3. The first-order chi connectivity index (χ1) is 11.7. The predicted octanol–water partition coefficient (Wildman–Crippen LogP) is 2.55. The van der Waals surface area contributed by atoms with Crippen LogP contribution in [0.1, 0.15) is 21.6 Å². The highest BCUT2D eigenvalue weighted by Gasteiger charge is 2.24. The van der Waals surface area contributed by atoms with Crippen molar-refractivity contribution in [3.8, 4) is 11.1 Å². The number of nitrogens with one attached hydrogen (secondary N) is 1. The van der Waals surface area contributed by atoms with Crippen molar-refractivity contribution in [1.82, 2.24) is 10.3 Å². The molecule has 1 aliphatic heterocycles. The van der Waals surface area contributed by atoms with E-state index >= 15 is 0 Å². The van der Waals surface area contributed by atoms with Gasteiger partial charge in [0.15, 0.2) is 9.84 Å². The predicted molar refractivity (Wildman–Crippen MR) is 93.3 cm³/mol. The number of nitrogens with zero attached hydrogens (tertiary/aromatic N) is 1. The molecule has 1 aromatic heterocycles. The molecule has 0 saturated carbocycles. The van der Waals surface area contributed by atoms with Gasteiger partial charge in [-0.05, 0) is 48.7 Å². The number of amides is 1. The van der Waals surface area contributed by atoms with Crippen LogP contribution in [-0.2, 0) is 9.84 Å². The Morgan fingerprint density at radius 1 is 1.20 bits per heavy atom. The number of rotatable bonds is 3. The summed E-state index contributed by atoms with van der Waals surface area (Å²) >= 11 is 0. The molecule has 0 aliphatic carbocycles. The summed E-state index contributed by atoms with van der Waals surface area (Å²) in [5.41, 5.74) is 3.04. The second kappa shape index (κ2) is 6.40. The molecule has 0 fully saturated rings. The Labute approximate surface area is 145 Å². The van der Waals surface area contributed by atoms with Crippen molar-refractivity contribution in [2.24, 2.45) is 0 Å². The first-order valence-electron chi connectivity index (χ1n) is 7.71. The number of benzene rings is 1. The van der Waals surface area contributed by atoms with Crippen LogP contribution in [0, 0.1) is 19.8 Å². The van der Waals surface area contributed by atoms with E-state index in [4.69, 9.17) is 0 Å². The summed E-state index contributed by atoms with van der Waals surface area (Å²) < 4.78 is 37.1. The van der Waals surface area contributed by atoms with Crippen LogP contribution in [0.15, 0.2) is 41.8 Å². The van der Waals surface area contributed by atoms with Crippen LogP contribution < -0.4 is 5.32 Å². The third-order valence-corrected chi connectivity index (χ3v) is 5.54. The van der Waals surface area contributed by atoms with Crippen LogP contribution in [0.4, 0.5) is 4.39 Å². The average molecular weight is 360 g/mol. The van der Waals surface area contributed by atoms with Crippen LogP contribution >= 0.6 is 0 Å².